The van der Waals surface area contributed by atoms with Crippen LogP contribution in [0.15, 0.2) is 46.3 Å². The molecule has 4 rings (SSSR count). The van der Waals surface area contributed by atoms with Crippen molar-refractivity contribution in [3.8, 4) is 18.1 Å². The Labute approximate surface area is 197 Å². The molecule has 3 aromatic rings. The van der Waals surface area contributed by atoms with Crippen molar-refractivity contribution >= 4 is 37.5 Å². The largest absolute Gasteiger partial charge is 0.497 e. The molecule has 0 radical (unpaired) electrons. The van der Waals surface area contributed by atoms with Crippen molar-refractivity contribution in [3.63, 3.8) is 0 Å². The topological polar surface area (TPSA) is 81.0 Å². The fourth-order valence-corrected chi connectivity index (χ4v) is 6.90. The first kappa shape index (κ1) is 23.2. The van der Waals surface area contributed by atoms with Crippen LogP contribution in [-0.4, -0.2) is 42.9 Å². The van der Waals surface area contributed by atoms with Gasteiger partial charge in [-0.25, -0.2) is 8.42 Å². The highest BCUT2D eigenvalue weighted by Gasteiger charge is 2.39. The highest BCUT2D eigenvalue weighted by molar-refractivity contribution is 7.89. The zero-order chi connectivity index (χ0) is 23.8. The van der Waals surface area contributed by atoms with Gasteiger partial charge in [-0.3, -0.25) is 4.79 Å². The molecule has 172 valence electrons. The zero-order valence-electron chi connectivity index (χ0n) is 18.7. The monoisotopic (exact) mass is 483 g/mol. The molecule has 1 aliphatic heterocycles. The van der Waals surface area contributed by atoms with Crippen molar-refractivity contribution in [2.24, 2.45) is 4.99 Å². The zero-order valence-corrected chi connectivity index (χ0v) is 20.4. The third-order valence-corrected chi connectivity index (χ3v) is 8.88. The molecule has 1 aliphatic rings. The van der Waals surface area contributed by atoms with Gasteiger partial charge in [0.05, 0.1) is 28.8 Å². The quantitative estimate of drug-likeness (QED) is 0.522. The van der Waals surface area contributed by atoms with Gasteiger partial charge in [-0.15, -0.1) is 6.42 Å². The van der Waals surface area contributed by atoms with E-state index >= 15 is 0 Å². The van der Waals surface area contributed by atoms with Crippen LogP contribution in [-0.2, 0) is 21.4 Å². The van der Waals surface area contributed by atoms with Gasteiger partial charge in [0.1, 0.15) is 11.8 Å². The molecular weight excluding hydrogens is 458 g/mol. The first-order valence-electron chi connectivity index (χ1n) is 10.5. The molecule has 2 heterocycles. The Kier molecular flexibility index (Phi) is 6.43. The van der Waals surface area contributed by atoms with Gasteiger partial charge in [-0.05, 0) is 68.1 Å². The standard InChI is InChI=1S/C24H25N3O4S2/c1-5-12-26-21-15-16(2)14-17(3)22(21)32-24(26)25-23(28)20-7-6-13-27(20)33(29,30)19-10-8-18(31-4)9-11-19/h1,8-11,14-15,20H,6-7,12-13H2,2-4H3. The number of rotatable bonds is 5. The van der Waals surface area contributed by atoms with Crippen LogP contribution in [0.5, 0.6) is 5.75 Å². The van der Waals surface area contributed by atoms with E-state index in [1.807, 2.05) is 24.5 Å². The van der Waals surface area contributed by atoms with Crippen LogP contribution in [0, 0.1) is 26.2 Å². The number of hydrogen-bond donors (Lipinski definition) is 0. The van der Waals surface area contributed by atoms with Crippen molar-refractivity contribution in [2.45, 2.75) is 44.2 Å². The number of thiazole rings is 1. The van der Waals surface area contributed by atoms with Gasteiger partial charge in [-0.1, -0.05) is 23.3 Å². The molecule has 0 spiro atoms. The van der Waals surface area contributed by atoms with Crippen LogP contribution < -0.4 is 9.54 Å². The van der Waals surface area contributed by atoms with Gasteiger partial charge in [0, 0.05) is 6.54 Å². The van der Waals surface area contributed by atoms with Gasteiger partial charge < -0.3 is 9.30 Å². The minimum absolute atomic E-state index is 0.123. The van der Waals surface area contributed by atoms with E-state index in [2.05, 4.69) is 17.0 Å². The molecule has 1 saturated heterocycles. The fraction of sp³-hybridized carbons (Fsp3) is 0.333. The fourth-order valence-electron chi connectivity index (χ4n) is 4.17. The molecule has 0 N–H and O–H groups in total. The Bertz CT molecular complexity index is 1430. The Morgan fingerprint density at radius 1 is 1.27 bits per heavy atom. The predicted octanol–water partition coefficient (Wildman–Crippen LogP) is 3.24. The minimum atomic E-state index is -3.85. The molecule has 33 heavy (non-hydrogen) atoms. The number of nitrogens with zero attached hydrogens (tertiary/aromatic N) is 3. The maximum absolute atomic E-state index is 13.3. The first-order chi connectivity index (χ1) is 15.8. The number of aryl methyl sites for hydroxylation is 2. The number of ether oxygens (including phenoxy) is 1. The second-order valence-corrected chi connectivity index (χ2v) is 10.9. The molecule has 1 unspecified atom stereocenters. The molecule has 2 aromatic carbocycles. The molecule has 0 saturated carbocycles. The summed E-state index contributed by atoms with van der Waals surface area (Å²) < 4.78 is 35.7. The normalized spacial score (nSPS) is 17.4. The average molecular weight is 484 g/mol. The number of fused-ring (bicyclic) bond motifs is 1. The number of carbonyl (C=O) groups is 1. The van der Waals surface area contributed by atoms with Gasteiger partial charge in [0.2, 0.25) is 10.0 Å². The summed E-state index contributed by atoms with van der Waals surface area (Å²) >= 11 is 1.39. The van der Waals surface area contributed by atoms with Crippen LogP contribution in [0.2, 0.25) is 0 Å². The van der Waals surface area contributed by atoms with Crippen LogP contribution in [0.1, 0.15) is 24.0 Å². The number of aromatic nitrogens is 1. The Morgan fingerprint density at radius 3 is 2.67 bits per heavy atom. The Morgan fingerprint density at radius 2 is 2.00 bits per heavy atom. The maximum Gasteiger partial charge on any atom is 0.266 e. The van der Waals surface area contributed by atoms with Crippen molar-refractivity contribution in [3.05, 3.63) is 52.3 Å². The summed E-state index contributed by atoms with van der Waals surface area (Å²) in [5, 5.41) is 0. The maximum atomic E-state index is 13.3. The number of sulfonamides is 1. The molecule has 9 heteroatoms. The van der Waals surface area contributed by atoms with Gasteiger partial charge in [0.25, 0.3) is 5.91 Å². The van der Waals surface area contributed by atoms with E-state index in [1.54, 1.807) is 12.1 Å². The smallest absolute Gasteiger partial charge is 0.266 e. The number of terminal acetylenes is 1. The third kappa shape index (κ3) is 4.34. The molecule has 0 aliphatic carbocycles. The average Bonchev–Trinajstić information content (AvgIpc) is 3.41. The molecule has 1 aromatic heterocycles. The summed E-state index contributed by atoms with van der Waals surface area (Å²) in [6.07, 6.45) is 6.60. The number of methoxy groups -OCH3 is 1. The summed E-state index contributed by atoms with van der Waals surface area (Å²) in [5.74, 6) is 2.72. The molecule has 1 amide bonds. The van der Waals surface area contributed by atoms with E-state index in [9.17, 15) is 13.2 Å². The van der Waals surface area contributed by atoms with Crippen LogP contribution >= 0.6 is 11.3 Å². The summed E-state index contributed by atoms with van der Waals surface area (Å²) in [6, 6.07) is 9.42. The second kappa shape index (κ2) is 9.14. The van der Waals surface area contributed by atoms with Gasteiger partial charge >= 0.3 is 0 Å². The summed E-state index contributed by atoms with van der Waals surface area (Å²) in [5.41, 5.74) is 3.10. The lowest BCUT2D eigenvalue weighted by molar-refractivity contribution is -0.121. The number of amides is 1. The predicted molar refractivity (Wildman–Crippen MR) is 129 cm³/mol. The highest BCUT2D eigenvalue weighted by atomic mass is 32.2. The number of carbonyl (C=O) groups excluding carboxylic acids is 1. The molecule has 0 bridgehead atoms. The molecule has 7 nitrogen and oxygen atoms in total. The molecule has 1 atom stereocenters. The Hall–Kier alpha value is -2.93. The SMILES string of the molecule is C#CCn1c(=NC(=O)C2CCCN2S(=O)(=O)c2ccc(OC)cc2)sc2c(C)cc(C)cc21. The lowest BCUT2D eigenvalue weighted by Gasteiger charge is -2.21. The van der Waals surface area contributed by atoms with Gasteiger partial charge in [0.15, 0.2) is 4.80 Å². The molecular formula is C24H25N3O4S2. The Balaban J connectivity index is 1.73. The van der Waals surface area contributed by atoms with Crippen LogP contribution in [0.25, 0.3) is 10.2 Å². The third-order valence-electron chi connectivity index (χ3n) is 5.72. The van der Waals surface area contributed by atoms with E-state index in [0.29, 0.717) is 23.4 Å². The van der Waals surface area contributed by atoms with Crippen molar-refractivity contribution < 1.29 is 17.9 Å². The van der Waals surface area contributed by atoms with E-state index < -0.39 is 22.0 Å². The van der Waals surface area contributed by atoms with Crippen LogP contribution in [0.4, 0.5) is 0 Å². The van der Waals surface area contributed by atoms with Crippen molar-refractivity contribution in [1.82, 2.24) is 8.87 Å². The van der Waals surface area contributed by atoms with E-state index in [0.717, 1.165) is 21.3 Å². The second-order valence-electron chi connectivity index (χ2n) is 8.00. The van der Waals surface area contributed by atoms with E-state index in [-0.39, 0.29) is 18.0 Å². The summed E-state index contributed by atoms with van der Waals surface area (Å²) in [6.45, 7) is 4.56. The number of benzene rings is 2. The van der Waals surface area contributed by atoms with Crippen LogP contribution in [0.3, 0.4) is 0 Å². The summed E-state index contributed by atoms with van der Waals surface area (Å²) in [7, 11) is -2.33. The van der Waals surface area contributed by atoms with Gasteiger partial charge in [-0.2, -0.15) is 9.30 Å². The van der Waals surface area contributed by atoms with Crippen molar-refractivity contribution in [1.29, 1.82) is 0 Å². The highest BCUT2D eigenvalue weighted by Crippen LogP contribution is 2.28. The van der Waals surface area contributed by atoms with Crippen molar-refractivity contribution in [2.75, 3.05) is 13.7 Å². The number of hydrogen-bond acceptors (Lipinski definition) is 5. The van der Waals surface area contributed by atoms with E-state index in [4.69, 9.17) is 11.2 Å². The lowest BCUT2D eigenvalue weighted by atomic mass is 10.1. The minimum Gasteiger partial charge on any atom is -0.497 e. The summed E-state index contributed by atoms with van der Waals surface area (Å²) in [4.78, 5) is 18.2. The first-order valence-corrected chi connectivity index (χ1v) is 12.8. The van der Waals surface area contributed by atoms with E-state index in [1.165, 1.54) is 34.9 Å². The lowest BCUT2D eigenvalue weighted by Crippen LogP contribution is -2.40. The molecule has 1 fully saturated rings.